The Morgan fingerprint density at radius 1 is 0.583 bits per heavy atom. The van der Waals surface area contributed by atoms with E-state index < -0.39 is 0 Å². The number of aromatic nitrogens is 3. The number of benzene rings is 2. The van der Waals surface area contributed by atoms with Crippen LogP contribution in [0.4, 0.5) is 0 Å². The van der Waals surface area contributed by atoms with E-state index in [1.165, 1.54) is 11.1 Å². The standard InChI is InChI=1S/C21H23N3/c1-14-6-10-16(11-7-14)18-22-19(17-12-8-15(2)9-13-17)24-20(23-18)21(3,4)5/h6-13H,1-5H3. The number of hydrogen-bond acceptors (Lipinski definition) is 3. The van der Waals surface area contributed by atoms with Crippen LogP contribution in [0.15, 0.2) is 48.5 Å². The molecular weight excluding hydrogens is 294 g/mol. The van der Waals surface area contributed by atoms with Crippen LogP contribution in [0.5, 0.6) is 0 Å². The molecular formula is C21H23N3. The van der Waals surface area contributed by atoms with Crippen LogP contribution in [0.3, 0.4) is 0 Å². The van der Waals surface area contributed by atoms with Crippen molar-refractivity contribution in [3.8, 4) is 22.8 Å². The van der Waals surface area contributed by atoms with Gasteiger partial charge in [0, 0.05) is 16.5 Å². The molecule has 0 saturated heterocycles. The minimum absolute atomic E-state index is 0.137. The molecule has 0 spiro atoms. The Bertz CT molecular complexity index is 778. The maximum absolute atomic E-state index is 4.73. The molecule has 24 heavy (non-hydrogen) atoms. The zero-order chi connectivity index (χ0) is 17.3. The van der Waals surface area contributed by atoms with Crippen molar-refractivity contribution >= 4 is 0 Å². The van der Waals surface area contributed by atoms with E-state index in [1.54, 1.807) is 0 Å². The summed E-state index contributed by atoms with van der Waals surface area (Å²) in [4.78, 5) is 14.2. The summed E-state index contributed by atoms with van der Waals surface area (Å²) in [6.45, 7) is 10.5. The Hall–Kier alpha value is -2.55. The first-order chi connectivity index (χ1) is 11.3. The molecule has 0 fully saturated rings. The Balaban J connectivity index is 2.17. The molecule has 0 atom stereocenters. The zero-order valence-corrected chi connectivity index (χ0v) is 15.0. The summed E-state index contributed by atoms with van der Waals surface area (Å²) in [5.74, 6) is 2.26. The molecule has 0 saturated carbocycles. The summed E-state index contributed by atoms with van der Waals surface area (Å²) < 4.78 is 0. The number of hydrogen-bond donors (Lipinski definition) is 0. The molecule has 1 heterocycles. The van der Waals surface area contributed by atoms with Crippen LogP contribution >= 0.6 is 0 Å². The average molecular weight is 317 g/mol. The first kappa shape index (κ1) is 16.3. The lowest BCUT2D eigenvalue weighted by atomic mass is 9.95. The van der Waals surface area contributed by atoms with Crippen molar-refractivity contribution in [3.63, 3.8) is 0 Å². The quantitative estimate of drug-likeness (QED) is 0.658. The van der Waals surface area contributed by atoms with Gasteiger partial charge >= 0.3 is 0 Å². The fourth-order valence-corrected chi connectivity index (χ4v) is 2.37. The smallest absolute Gasteiger partial charge is 0.163 e. The molecule has 122 valence electrons. The molecule has 0 aliphatic carbocycles. The first-order valence-corrected chi connectivity index (χ1v) is 8.23. The molecule has 3 heteroatoms. The highest BCUT2D eigenvalue weighted by atomic mass is 15.0. The lowest BCUT2D eigenvalue weighted by Crippen LogP contribution is -2.18. The highest BCUT2D eigenvalue weighted by Gasteiger charge is 2.20. The van der Waals surface area contributed by atoms with Crippen LogP contribution < -0.4 is 0 Å². The molecule has 3 nitrogen and oxygen atoms in total. The molecule has 3 aromatic rings. The number of nitrogens with zero attached hydrogens (tertiary/aromatic N) is 3. The van der Waals surface area contributed by atoms with Gasteiger partial charge in [0.2, 0.25) is 0 Å². The monoisotopic (exact) mass is 317 g/mol. The summed E-state index contributed by atoms with van der Waals surface area (Å²) in [5, 5.41) is 0. The van der Waals surface area contributed by atoms with Gasteiger partial charge in [0.1, 0.15) is 5.82 Å². The van der Waals surface area contributed by atoms with Gasteiger partial charge in [-0.1, -0.05) is 80.4 Å². The third kappa shape index (κ3) is 3.51. The average Bonchev–Trinajstić information content (AvgIpc) is 2.55. The molecule has 0 amide bonds. The maximum Gasteiger partial charge on any atom is 0.163 e. The van der Waals surface area contributed by atoms with Crippen LogP contribution in [0.2, 0.25) is 0 Å². The topological polar surface area (TPSA) is 38.7 Å². The molecule has 1 aromatic heterocycles. The van der Waals surface area contributed by atoms with Crippen molar-refractivity contribution in [1.29, 1.82) is 0 Å². The van der Waals surface area contributed by atoms with Gasteiger partial charge < -0.3 is 0 Å². The fourth-order valence-electron chi connectivity index (χ4n) is 2.37. The fraction of sp³-hybridized carbons (Fsp3) is 0.286. The van der Waals surface area contributed by atoms with Crippen molar-refractivity contribution in [3.05, 3.63) is 65.5 Å². The van der Waals surface area contributed by atoms with Crippen molar-refractivity contribution in [2.75, 3.05) is 0 Å². The Kier molecular flexibility index (Phi) is 4.18. The van der Waals surface area contributed by atoms with E-state index in [2.05, 4.69) is 83.1 Å². The van der Waals surface area contributed by atoms with Crippen LogP contribution in [-0.4, -0.2) is 15.0 Å². The lowest BCUT2D eigenvalue weighted by Gasteiger charge is -2.18. The molecule has 0 aliphatic rings. The lowest BCUT2D eigenvalue weighted by molar-refractivity contribution is 0.543. The summed E-state index contributed by atoms with van der Waals surface area (Å²) >= 11 is 0. The van der Waals surface area contributed by atoms with Gasteiger partial charge in [-0.05, 0) is 13.8 Å². The predicted octanol–water partition coefficient (Wildman–Crippen LogP) is 5.12. The molecule has 0 unspecified atom stereocenters. The van der Waals surface area contributed by atoms with Crippen LogP contribution in [0.25, 0.3) is 22.8 Å². The normalized spacial score (nSPS) is 11.5. The molecule has 0 radical (unpaired) electrons. The van der Waals surface area contributed by atoms with Crippen LogP contribution in [0.1, 0.15) is 37.7 Å². The second-order valence-electron chi connectivity index (χ2n) is 7.29. The second-order valence-corrected chi connectivity index (χ2v) is 7.29. The Morgan fingerprint density at radius 3 is 1.29 bits per heavy atom. The number of aryl methyl sites for hydroxylation is 2. The SMILES string of the molecule is Cc1ccc(-c2nc(-c3ccc(C)cc3)nc(C(C)(C)C)n2)cc1. The molecule has 0 N–H and O–H groups in total. The van der Waals surface area contributed by atoms with E-state index in [0.29, 0.717) is 0 Å². The van der Waals surface area contributed by atoms with Gasteiger partial charge in [0.05, 0.1) is 0 Å². The van der Waals surface area contributed by atoms with Crippen molar-refractivity contribution in [2.45, 2.75) is 40.0 Å². The first-order valence-electron chi connectivity index (χ1n) is 8.23. The summed E-state index contributed by atoms with van der Waals surface area (Å²) in [7, 11) is 0. The van der Waals surface area contributed by atoms with Gasteiger partial charge in [-0.15, -0.1) is 0 Å². The number of rotatable bonds is 2. The maximum atomic E-state index is 4.73. The largest absolute Gasteiger partial charge is 0.212 e. The summed E-state index contributed by atoms with van der Waals surface area (Å²) in [6, 6.07) is 16.6. The third-order valence-corrected chi connectivity index (χ3v) is 3.93. The molecule has 0 bridgehead atoms. The molecule has 2 aromatic carbocycles. The van der Waals surface area contributed by atoms with Gasteiger partial charge in [-0.2, -0.15) is 0 Å². The summed E-state index contributed by atoms with van der Waals surface area (Å²) in [5.41, 5.74) is 4.34. The highest BCUT2D eigenvalue weighted by molar-refractivity contribution is 5.61. The van der Waals surface area contributed by atoms with E-state index in [4.69, 9.17) is 15.0 Å². The highest BCUT2D eigenvalue weighted by Crippen LogP contribution is 2.25. The predicted molar refractivity (Wildman–Crippen MR) is 98.9 cm³/mol. The van der Waals surface area contributed by atoms with E-state index >= 15 is 0 Å². The van der Waals surface area contributed by atoms with E-state index in [-0.39, 0.29) is 5.41 Å². The Labute approximate surface area is 143 Å². The van der Waals surface area contributed by atoms with Gasteiger partial charge in [-0.3, -0.25) is 0 Å². The minimum atomic E-state index is -0.137. The van der Waals surface area contributed by atoms with E-state index in [9.17, 15) is 0 Å². The van der Waals surface area contributed by atoms with Crippen LogP contribution in [-0.2, 0) is 5.41 Å². The van der Waals surface area contributed by atoms with Crippen molar-refractivity contribution in [1.82, 2.24) is 15.0 Å². The molecule has 3 rings (SSSR count). The minimum Gasteiger partial charge on any atom is -0.212 e. The van der Waals surface area contributed by atoms with Crippen LogP contribution in [0, 0.1) is 13.8 Å². The van der Waals surface area contributed by atoms with Gasteiger partial charge in [0.15, 0.2) is 11.6 Å². The van der Waals surface area contributed by atoms with E-state index in [0.717, 1.165) is 28.6 Å². The van der Waals surface area contributed by atoms with Gasteiger partial charge in [0.25, 0.3) is 0 Å². The Morgan fingerprint density at radius 2 is 0.958 bits per heavy atom. The van der Waals surface area contributed by atoms with Gasteiger partial charge in [-0.25, -0.2) is 15.0 Å². The van der Waals surface area contributed by atoms with Crippen molar-refractivity contribution < 1.29 is 0 Å². The zero-order valence-electron chi connectivity index (χ0n) is 15.0. The summed E-state index contributed by atoms with van der Waals surface area (Å²) in [6.07, 6.45) is 0. The molecule has 0 aliphatic heterocycles. The van der Waals surface area contributed by atoms with E-state index in [1.807, 2.05) is 0 Å². The second kappa shape index (κ2) is 6.16. The van der Waals surface area contributed by atoms with Crippen molar-refractivity contribution in [2.24, 2.45) is 0 Å². The third-order valence-electron chi connectivity index (χ3n) is 3.93.